The molecule has 0 bridgehead atoms. The quantitative estimate of drug-likeness (QED) is 0.804. The van der Waals surface area contributed by atoms with Crippen molar-refractivity contribution in [2.24, 2.45) is 5.73 Å². The number of rotatable bonds is 6. The lowest BCUT2D eigenvalue weighted by atomic mass is 10.1. The molecule has 1 aliphatic rings. The highest BCUT2D eigenvalue weighted by Gasteiger charge is 2.28. The lowest BCUT2D eigenvalue weighted by Gasteiger charge is -2.22. The van der Waals surface area contributed by atoms with Crippen molar-refractivity contribution < 1.29 is 9.13 Å². The van der Waals surface area contributed by atoms with Gasteiger partial charge in [-0.3, -0.25) is 4.90 Å². The maximum atomic E-state index is 13.4. The van der Waals surface area contributed by atoms with Gasteiger partial charge in [0.2, 0.25) is 0 Å². The number of hydrogen-bond acceptors (Lipinski definition) is 3. The first-order valence-corrected chi connectivity index (χ1v) is 6.95. The fourth-order valence-electron chi connectivity index (χ4n) is 2.21. The molecule has 3 nitrogen and oxygen atoms in total. The fourth-order valence-corrected chi connectivity index (χ4v) is 2.21. The van der Waals surface area contributed by atoms with Gasteiger partial charge in [-0.2, -0.15) is 0 Å². The van der Waals surface area contributed by atoms with Gasteiger partial charge in [-0.05, 0) is 30.5 Å². The standard InChI is InChI=1S/C16H21FN2O/c1-20-10-9-19(16-6-7-16)12-14-4-5-15(17)11-13(14)3-2-8-18/h4-5,11,16H,6-10,12,18H2,1H3. The van der Waals surface area contributed by atoms with Crippen LogP contribution in [0.2, 0.25) is 0 Å². The van der Waals surface area contributed by atoms with Crippen LogP contribution in [0.3, 0.4) is 0 Å². The molecule has 1 aromatic carbocycles. The molecule has 2 N–H and O–H groups in total. The minimum atomic E-state index is -0.259. The summed E-state index contributed by atoms with van der Waals surface area (Å²) in [5.41, 5.74) is 7.18. The first kappa shape index (κ1) is 15.0. The largest absolute Gasteiger partial charge is 0.383 e. The van der Waals surface area contributed by atoms with Crippen LogP contribution in [0.1, 0.15) is 24.0 Å². The van der Waals surface area contributed by atoms with Gasteiger partial charge >= 0.3 is 0 Å². The van der Waals surface area contributed by atoms with Crippen molar-refractivity contribution >= 4 is 0 Å². The molecule has 0 amide bonds. The van der Waals surface area contributed by atoms with Crippen molar-refractivity contribution in [2.45, 2.75) is 25.4 Å². The van der Waals surface area contributed by atoms with E-state index in [1.807, 2.05) is 6.07 Å². The number of methoxy groups -OCH3 is 1. The van der Waals surface area contributed by atoms with E-state index >= 15 is 0 Å². The molecule has 108 valence electrons. The smallest absolute Gasteiger partial charge is 0.124 e. The predicted octanol–water partition coefficient (Wildman–Crippen LogP) is 1.75. The molecule has 1 aliphatic carbocycles. The van der Waals surface area contributed by atoms with Crippen LogP contribution in [0.15, 0.2) is 18.2 Å². The van der Waals surface area contributed by atoms with Gasteiger partial charge in [0.15, 0.2) is 0 Å². The van der Waals surface area contributed by atoms with Crippen LogP contribution in [0.5, 0.6) is 0 Å². The Morgan fingerprint density at radius 3 is 2.90 bits per heavy atom. The maximum absolute atomic E-state index is 13.4. The summed E-state index contributed by atoms with van der Waals surface area (Å²) >= 11 is 0. The average molecular weight is 276 g/mol. The van der Waals surface area contributed by atoms with Crippen molar-refractivity contribution in [1.82, 2.24) is 4.90 Å². The van der Waals surface area contributed by atoms with Crippen LogP contribution in [0.4, 0.5) is 4.39 Å². The Bertz CT molecular complexity index is 503. The van der Waals surface area contributed by atoms with Gasteiger partial charge in [0, 0.05) is 31.8 Å². The van der Waals surface area contributed by atoms with Gasteiger partial charge in [0.25, 0.3) is 0 Å². The van der Waals surface area contributed by atoms with Crippen LogP contribution in [0.25, 0.3) is 0 Å². The highest BCUT2D eigenvalue weighted by Crippen LogP contribution is 2.28. The third-order valence-electron chi connectivity index (χ3n) is 3.42. The third-order valence-corrected chi connectivity index (χ3v) is 3.42. The second-order valence-electron chi connectivity index (χ2n) is 5.00. The molecule has 0 atom stereocenters. The average Bonchev–Trinajstić information content (AvgIpc) is 3.27. The van der Waals surface area contributed by atoms with E-state index in [0.717, 1.165) is 24.2 Å². The second-order valence-corrected chi connectivity index (χ2v) is 5.00. The summed E-state index contributed by atoms with van der Waals surface area (Å²) in [5.74, 6) is 5.50. The van der Waals surface area contributed by atoms with E-state index in [0.29, 0.717) is 12.6 Å². The van der Waals surface area contributed by atoms with E-state index in [4.69, 9.17) is 10.5 Å². The van der Waals surface area contributed by atoms with Crippen LogP contribution >= 0.6 is 0 Å². The molecule has 0 saturated heterocycles. The molecule has 0 unspecified atom stereocenters. The van der Waals surface area contributed by atoms with E-state index in [2.05, 4.69) is 16.7 Å². The van der Waals surface area contributed by atoms with E-state index in [1.54, 1.807) is 7.11 Å². The van der Waals surface area contributed by atoms with Crippen molar-refractivity contribution in [1.29, 1.82) is 0 Å². The van der Waals surface area contributed by atoms with Gasteiger partial charge in [0.05, 0.1) is 13.2 Å². The lowest BCUT2D eigenvalue weighted by Crippen LogP contribution is -2.29. The second kappa shape index (κ2) is 7.39. The summed E-state index contributed by atoms with van der Waals surface area (Å²) in [6.07, 6.45) is 2.46. The zero-order valence-electron chi connectivity index (χ0n) is 11.9. The summed E-state index contributed by atoms with van der Waals surface area (Å²) in [6.45, 7) is 2.67. The van der Waals surface area contributed by atoms with E-state index in [-0.39, 0.29) is 12.4 Å². The minimum Gasteiger partial charge on any atom is -0.383 e. The first-order valence-electron chi connectivity index (χ1n) is 6.95. The van der Waals surface area contributed by atoms with Gasteiger partial charge in [0.1, 0.15) is 5.82 Å². The van der Waals surface area contributed by atoms with E-state index in [9.17, 15) is 4.39 Å². The zero-order valence-corrected chi connectivity index (χ0v) is 11.9. The van der Waals surface area contributed by atoms with E-state index < -0.39 is 0 Å². The summed E-state index contributed by atoms with van der Waals surface area (Å²) in [7, 11) is 1.71. The highest BCUT2D eigenvalue weighted by molar-refractivity contribution is 5.42. The Labute approximate surface area is 119 Å². The van der Waals surface area contributed by atoms with E-state index in [1.165, 1.54) is 25.0 Å². The molecule has 0 spiro atoms. The first-order chi connectivity index (χ1) is 9.74. The Hall–Kier alpha value is -1.41. The van der Waals surface area contributed by atoms with Crippen LogP contribution in [0, 0.1) is 17.7 Å². The minimum absolute atomic E-state index is 0.259. The lowest BCUT2D eigenvalue weighted by molar-refractivity contribution is 0.139. The van der Waals surface area contributed by atoms with Gasteiger partial charge < -0.3 is 10.5 Å². The Morgan fingerprint density at radius 2 is 2.25 bits per heavy atom. The van der Waals surface area contributed by atoms with Crippen molar-refractivity contribution in [3.05, 3.63) is 35.1 Å². The van der Waals surface area contributed by atoms with Gasteiger partial charge in [-0.25, -0.2) is 4.39 Å². The van der Waals surface area contributed by atoms with Crippen LogP contribution < -0.4 is 5.73 Å². The number of ether oxygens (including phenoxy) is 1. The normalized spacial score (nSPS) is 14.2. The van der Waals surface area contributed by atoms with Crippen LogP contribution in [-0.2, 0) is 11.3 Å². The molecule has 1 aromatic rings. The highest BCUT2D eigenvalue weighted by atomic mass is 19.1. The summed E-state index contributed by atoms with van der Waals surface area (Å²) in [6, 6.07) is 5.42. The SMILES string of the molecule is COCCN(Cc1ccc(F)cc1C#CCN)C1CC1. The third kappa shape index (κ3) is 4.31. The predicted molar refractivity (Wildman–Crippen MR) is 77.6 cm³/mol. The Balaban J connectivity index is 2.13. The molecular weight excluding hydrogens is 255 g/mol. The summed E-state index contributed by atoms with van der Waals surface area (Å²) in [4.78, 5) is 2.38. The summed E-state index contributed by atoms with van der Waals surface area (Å²) < 4.78 is 18.5. The molecule has 1 fully saturated rings. The number of hydrogen-bond donors (Lipinski definition) is 1. The molecule has 4 heteroatoms. The van der Waals surface area contributed by atoms with Crippen molar-refractivity contribution in [2.75, 3.05) is 26.8 Å². The molecule has 0 heterocycles. The number of nitrogens with zero attached hydrogens (tertiary/aromatic N) is 1. The molecule has 2 rings (SSSR count). The molecular formula is C16H21FN2O. The number of benzene rings is 1. The monoisotopic (exact) mass is 276 g/mol. The molecule has 0 aliphatic heterocycles. The molecule has 0 aromatic heterocycles. The van der Waals surface area contributed by atoms with Gasteiger partial charge in [-0.1, -0.05) is 17.9 Å². The van der Waals surface area contributed by atoms with Gasteiger partial charge in [-0.15, -0.1) is 0 Å². The topological polar surface area (TPSA) is 38.5 Å². The summed E-state index contributed by atoms with van der Waals surface area (Å²) in [5, 5.41) is 0. The Kier molecular flexibility index (Phi) is 5.54. The maximum Gasteiger partial charge on any atom is 0.124 e. The molecule has 20 heavy (non-hydrogen) atoms. The zero-order chi connectivity index (χ0) is 14.4. The Morgan fingerprint density at radius 1 is 1.45 bits per heavy atom. The fraction of sp³-hybridized carbons (Fsp3) is 0.500. The molecule has 1 saturated carbocycles. The van der Waals surface area contributed by atoms with Crippen molar-refractivity contribution in [3.8, 4) is 11.8 Å². The number of halogens is 1. The van der Waals surface area contributed by atoms with Crippen molar-refractivity contribution in [3.63, 3.8) is 0 Å². The molecule has 0 radical (unpaired) electrons. The van der Waals surface area contributed by atoms with Crippen LogP contribution in [-0.4, -0.2) is 37.7 Å². The number of nitrogens with two attached hydrogens (primary N) is 1.